The van der Waals surface area contributed by atoms with Crippen LogP contribution in [0.1, 0.15) is 15.9 Å². The van der Waals surface area contributed by atoms with Crippen LogP contribution in [-0.2, 0) is 0 Å². The third-order valence-corrected chi connectivity index (χ3v) is 3.05. The second-order valence-electron chi connectivity index (χ2n) is 4.33. The van der Waals surface area contributed by atoms with Crippen molar-refractivity contribution in [2.75, 3.05) is 19.5 Å². The number of methoxy groups -OCH3 is 2. The summed E-state index contributed by atoms with van der Waals surface area (Å²) >= 11 is 0. The van der Waals surface area contributed by atoms with Gasteiger partial charge in [0.2, 0.25) is 0 Å². The predicted molar refractivity (Wildman–Crippen MR) is 78.7 cm³/mol. The van der Waals surface area contributed by atoms with Crippen molar-refractivity contribution < 1.29 is 14.3 Å². The Hall–Kier alpha value is -2.49. The molecular formula is C16H17NO3. The van der Waals surface area contributed by atoms with Crippen LogP contribution in [0.4, 0.5) is 5.69 Å². The van der Waals surface area contributed by atoms with Crippen molar-refractivity contribution in [3.05, 3.63) is 53.6 Å². The highest BCUT2D eigenvalue weighted by Crippen LogP contribution is 2.29. The number of anilines is 1. The number of nitrogens with one attached hydrogen (secondary N) is 1. The zero-order chi connectivity index (χ0) is 14.5. The average molecular weight is 271 g/mol. The zero-order valence-corrected chi connectivity index (χ0v) is 11.8. The number of benzene rings is 2. The maximum atomic E-state index is 12.2. The highest BCUT2D eigenvalue weighted by molar-refractivity contribution is 6.04. The largest absolute Gasteiger partial charge is 0.496 e. The third kappa shape index (κ3) is 2.91. The second kappa shape index (κ2) is 6.10. The van der Waals surface area contributed by atoms with E-state index in [0.29, 0.717) is 17.1 Å². The van der Waals surface area contributed by atoms with Crippen LogP contribution >= 0.6 is 0 Å². The predicted octanol–water partition coefficient (Wildman–Crippen LogP) is 3.26. The van der Waals surface area contributed by atoms with E-state index in [9.17, 15) is 4.79 Å². The van der Waals surface area contributed by atoms with Crippen molar-refractivity contribution in [2.45, 2.75) is 6.92 Å². The summed E-state index contributed by atoms with van der Waals surface area (Å²) in [6.45, 7) is 1.89. The van der Waals surface area contributed by atoms with Gasteiger partial charge in [0.05, 0.1) is 14.2 Å². The average Bonchev–Trinajstić information content (AvgIpc) is 2.48. The van der Waals surface area contributed by atoms with Crippen LogP contribution in [0.3, 0.4) is 0 Å². The molecule has 0 bridgehead atoms. The molecule has 20 heavy (non-hydrogen) atoms. The Morgan fingerprint density at radius 1 is 1.00 bits per heavy atom. The van der Waals surface area contributed by atoms with Crippen LogP contribution in [-0.4, -0.2) is 20.1 Å². The topological polar surface area (TPSA) is 47.6 Å². The van der Waals surface area contributed by atoms with E-state index < -0.39 is 0 Å². The molecule has 2 aromatic carbocycles. The Balaban J connectivity index is 2.30. The van der Waals surface area contributed by atoms with Gasteiger partial charge in [0.1, 0.15) is 11.5 Å². The highest BCUT2D eigenvalue weighted by atomic mass is 16.5. The van der Waals surface area contributed by atoms with Gasteiger partial charge in [-0.05, 0) is 31.2 Å². The molecule has 104 valence electrons. The Bertz CT molecular complexity index is 583. The van der Waals surface area contributed by atoms with Gasteiger partial charge in [0.25, 0.3) is 5.91 Å². The van der Waals surface area contributed by atoms with E-state index in [1.54, 1.807) is 26.4 Å². The molecule has 4 nitrogen and oxygen atoms in total. The Kier molecular flexibility index (Phi) is 4.25. The van der Waals surface area contributed by atoms with Gasteiger partial charge in [-0.15, -0.1) is 0 Å². The molecule has 0 saturated heterocycles. The van der Waals surface area contributed by atoms with E-state index in [4.69, 9.17) is 9.47 Å². The summed E-state index contributed by atoms with van der Waals surface area (Å²) in [5.41, 5.74) is 2.11. The first kappa shape index (κ1) is 13.9. The van der Waals surface area contributed by atoms with Crippen molar-refractivity contribution in [3.63, 3.8) is 0 Å². The van der Waals surface area contributed by atoms with Crippen molar-refractivity contribution in [1.29, 1.82) is 0 Å². The third-order valence-electron chi connectivity index (χ3n) is 3.05. The van der Waals surface area contributed by atoms with Crippen molar-refractivity contribution in [3.8, 4) is 11.5 Å². The lowest BCUT2D eigenvalue weighted by molar-refractivity contribution is 0.102. The summed E-state index contributed by atoms with van der Waals surface area (Å²) in [5, 5.41) is 2.83. The number of carbonyl (C=O) groups is 1. The van der Waals surface area contributed by atoms with E-state index in [0.717, 1.165) is 11.3 Å². The van der Waals surface area contributed by atoms with Crippen LogP contribution < -0.4 is 14.8 Å². The molecular weight excluding hydrogens is 254 g/mol. The molecule has 0 radical (unpaired) electrons. The summed E-state index contributed by atoms with van der Waals surface area (Å²) in [6, 6.07) is 12.7. The van der Waals surface area contributed by atoms with Crippen LogP contribution in [0.15, 0.2) is 42.5 Å². The Labute approximate surface area is 118 Å². The van der Waals surface area contributed by atoms with E-state index >= 15 is 0 Å². The molecule has 0 aromatic heterocycles. The van der Waals surface area contributed by atoms with Gasteiger partial charge in [-0.25, -0.2) is 0 Å². The molecule has 0 fully saturated rings. The quantitative estimate of drug-likeness (QED) is 0.928. The second-order valence-corrected chi connectivity index (χ2v) is 4.33. The van der Waals surface area contributed by atoms with Crippen molar-refractivity contribution in [2.24, 2.45) is 0 Å². The van der Waals surface area contributed by atoms with E-state index in [1.165, 1.54) is 0 Å². The molecule has 2 aromatic rings. The van der Waals surface area contributed by atoms with Crippen molar-refractivity contribution >= 4 is 11.6 Å². The Morgan fingerprint density at radius 3 is 2.05 bits per heavy atom. The monoisotopic (exact) mass is 271 g/mol. The number of hydrogen-bond donors (Lipinski definition) is 1. The van der Waals surface area contributed by atoms with Gasteiger partial charge in [0, 0.05) is 16.8 Å². The van der Waals surface area contributed by atoms with Crippen LogP contribution in [0, 0.1) is 6.92 Å². The van der Waals surface area contributed by atoms with Gasteiger partial charge >= 0.3 is 0 Å². The molecule has 4 heteroatoms. The van der Waals surface area contributed by atoms with Crippen LogP contribution in [0.5, 0.6) is 11.5 Å². The number of hydrogen-bond acceptors (Lipinski definition) is 3. The summed E-state index contributed by atoms with van der Waals surface area (Å²) in [7, 11) is 3.14. The highest BCUT2D eigenvalue weighted by Gasteiger charge is 2.13. The van der Waals surface area contributed by atoms with Gasteiger partial charge in [-0.3, -0.25) is 4.79 Å². The fraction of sp³-hybridized carbons (Fsp3) is 0.188. The number of para-hydroxylation sites is 1. The minimum absolute atomic E-state index is 0.201. The lowest BCUT2D eigenvalue weighted by Crippen LogP contribution is -2.12. The lowest BCUT2D eigenvalue weighted by atomic mass is 10.1. The molecule has 2 rings (SSSR count). The summed E-state index contributed by atoms with van der Waals surface area (Å²) in [5.74, 6) is 1.05. The molecule has 0 aliphatic rings. The molecule has 0 saturated carbocycles. The first-order valence-corrected chi connectivity index (χ1v) is 6.24. The normalized spacial score (nSPS) is 9.95. The van der Waals surface area contributed by atoms with E-state index in [1.807, 2.05) is 37.3 Å². The standard InChI is InChI=1S/C16H17NO3/c1-11-14(19-2)9-12(10-15(11)20-3)16(18)17-13-7-5-4-6-8-13/h4-10H,1-3H3,(H,17,18). The summed E-state index contributed by atoms with van der Waals surface area (Å²) in [4.78, 5) is 12.2. The van der Waals surface area contributed by atoms with Gasteiger partial charge < -0.3 is 14.8 Å². The lowest BCUT2D eigenvalue weighted by Gasteiger charge is -2.12. The molecule has 0 unspecified atom stereocenters. The first-order chi connectivity index (χ1) is 9.65. The van der Waals surface area contributed by atoms with E-state index in [-0.39, 0.29) is 5.91 Å². The fourth-order valence-electron chi connectivity index (χ4n) is 1.94. The number of rotatable bonds is 4. The smallest absolute Gasteiger partial charge is 0.255 e. The molecule has 0 spiro atoms. The number of ether oxygens (including phenoxy) is 2. The molecule has 1 amide bonds. The minimum atomic E-state index is -0.201. The molecule has 1 N–H and O–H groups in total. The number of amides is 1. The minimum Gasteiger partial charge on any atom is -0.496 e. The maximum Gasteiger partial charge on any atom is 0.255 e. The summed E-state index contributed by atoms with van der Waals surface area (Å²) < 4.78 is 10.5. The van der Waals surface area contributed by atoms with Gasteiger partial charge in [0.15, 0.2) is 0 Å². The molecule has 0 aliphatic carbocycles. The van der Waals surface area contributed by atoms with Gasteiger partial charge in [-0.2, -0.15) is 0 Å². The van der Waals surface area contributed by atoms with Crippen molar-refractivity contribution in [1.82, 2.24) is 0 Å². The Morgan fingerprint density at radius 2 is 1.55 bits per heavy atom. The summed E-state index contributed by atoms with van der Waals surface area (Å²) in [6.07, 6.45) is 0. The molecule has 0 aliphatic heterocycles. The maximum absolute atomic E-state index is 12.2. The van der Waals surface area contributed by atoms with Crippen LogP contribution in [0.2, 0.25) is 0 Å². The first-order valence-electron chi connectivity index (χ1n) is 6.24. The van der Waals surface area contributed by atoms with Crippen LogP contribution in [0.25, 0.3) is 0 Å². The SMILES string of the molecule is COc1cc(C(=O)Nc2ccccc2)cc(OC)c1C. The zero-order valence-electron chi connectivity index (χ0n) is 11.8. The van der Waals surface area contributed by atoms with E-state index in [2.05, 4.69) is 5.32 Å². The number of carbonyl (C=O) groups excluding carboxylic acids is 1. The fourth-order valence-corrected chi connectivity index (χ4v) is 1.94. The molecule has 0 atom stereocenters. The molecule has 0 heterocycles. The van der Waals surface area contributed by atoms with Gasteiger partial charge in [-0.1, -0.05) is 18.2 Å².